The zero-order valence-electron chi connectivity index (χ0n) is 15.8. The lowest BCUT2D eigenvalue weighted by Crippen LogP contribution is -2.39. The summed E-state index contributed by atoms with van der Waals surface area (Å²) in [5.74, 6) is -1.94. The molecule has 1 aromatic rings. The SMILES string of the molecule is CC(CN(C(=O)c1cc(S(=O)(=O)N2CCCCC2)cn1C)C1CC1)C(=O)O. The van der Waals surface area contributed by atoms with Crippen molar-refractivity contribution in [2.45, 2.75) is 50.0 Å². The molecule has 1 aliphatic heterocycles. The van der Waals surface area contributed by atoms with E-state index >= 15 is 0 Å². The maximum Gasteiger partial charge on any atom is 0.308 e. The molecule has 1 saturated carbocycles. The molecule has 0 radical (unpaired) electrons. The van der Waals surface area contributed by atoms with E-state index < -0.39 is 21.9 Å². The van der Waals surface area contributed by atoms with Crippen LogP contribution < -0.4 is 0 Å². The number of rotatable bonds is 7. The molecular weight excluding hydrogens is 370 g/mol. The molecule has 8 nitrogen and oxygen atoms in total. The number of aliphatic carboxylic acids is 1. The molecule has 2 heterocycles. The quantitative estimate of drug-likeness (QED) is 0.752. The van der Waals surface area contributed by atoms with Gasteiger partial charge in [-0.3, -0.25) is 9.59 Å². The fraction of sp³-hybridized carbons (Fsp3) is 0.667. The minimum atomic E-state index is -3.62. The fourth-order valence-corrected chi connectivity index (χ4v) is 5.04. The molecule has 1 unspecified atom stereocenters. The topological polar surface area (TPSA) is 99.9 Å². The van der Waals surface area contributed by atoms with Crippen LogP contribution in [0.25, 0.3) is 0 Å². The first-order chi connectivity index (χ1) is 12.7. The predicted octanol–water partition coefficient (Wildman–Crippen LogP) is 1.52. The molecule has 2 aliphatic rings. The van der Waals surface area contributed by atoms with Gasteiger partial charge >= 0.3 is 5.97 Å². The van der Waals surface area contributed by atoms with Gasteiger partial charge in [-0.2, -0.15) is 4.31 Å². The summed E-state index contributed by atoms with van der Waals surface area (Å²) in [6, 6.07) is 1.46. The molecule has 1 amide bonds. The summed E-state index contributed by atoms with van der Waals surface area (Å²) in [5, 5.41) is 9.17. The molecule has 0 aromatic carbocycles. The second-order valence-electron chi connectivity index (χ2n) is 7.56. The van der Waals surface area contributed by atoms with E-state index in [1.165, 1.54) is 21.1 Å². The second kappa shape index (κ2) is 7.63. The number of nitrogens with zero attached hydrogens (tertiary/aromatic N) is 3. The lowest BCUT2D eigenvalue weighted by atomic mass is 10.1. The molecule has 1 aromatic heterocycles. The van der Waals surface area contributed by atoms with Crippen LogP contribution in [0.5, 0.6) is 0 Å². The first-order valence-electron chi connectivity index (χ1n) is 9.42. The molecule has 0 spiro atoms. The maximum atomic E-state index is 13.0. The van der Waals surface area contributed by atoms with E-state index in [2.05, 4.69) is 0 Å². The Morgan fingerprint density at radius 2 is 1.89 bits per heavy atom. The molecule has 150 valence electrons. The Morgan fingerprint density at radius 1 is 1.26 bits per heavy atom. The summed E-state index contributed by atoms with van der Waals surface area (Å²) in [5.41, 5.74) is 0.273. The van der Waals surface area contributed by atoms with Gasteiger partial charge in [0.2, 0.25) is 10.0 Å². The van der Waals surface area contributed by atoms with Gasteiger partial charge in [0, 0.05) is 38.9 Å². The highest BCUT2D eigenvalue weighted by Gasteiger charge is 2.37. The summed E-state index contributed by atoms with van der Waals surface area (Å²) in [6.45, 7) is 2.70. The first-order valence-corrected chi connectivity index (χ1v) is 10.9. The predicted molar refractivity (Wildman–Crippen MR) is 98.9 cm³/mol. The number of amides is 1. The third-order valence-electron chi connectivity index (χ3n) is 5.29. The highest BCUT2D eigenvalue weighted by atomic mass is 32.2. The van der Waals surface area contributed by atoms with E-state index in [4.69, 9.17) is 5.11 Å². The van der Waals surface area contributed by atoms with E-state index in [9.17, 15) is 18.0 Å². The van der Waals surface area contributed by atoms with Crippen molar-refractivity contribution in [3.05, 3.63) is 18.0 Å². The van der Waals surface area contributed by atoms with Crippen molar-refractivity contribution >= 4 is 21.9 Å². The average molecular weight is 397 g/mol. The summed E-state index contributed by atoms with van der Waals surface area (Å²) in [6.07, 6.45) is 5.90. The van der Waals surface area contributed by atoms with Gasteiger partial charge in [0.1, 0.15) is 10.6 Å². The highest BCUT2D eigenvalue weighted by molar-refractivity contribution is 7.89. The van der Waals surface area contributed by atoms with E-state index in [1.54, 1.807) is 18.9 Å². The van der Waals surface area contributed by atoms with Crippen molar-refractivity contribution < 1.29 is 23.1 Å². The van der Waals surface area contributed by atoms with Crippen molar-refractivity contribution in [2.75, 3.05) is 19.6 Å². The Hall–Kier alpha value is -1.87. The Kier molecular flexibility index (Phi) is 5.62. The Bertz CT molecular complexity index is 822. The number of aryl methyl sites for hydroxylation is 1. The van der Waals surface area contributed by atoms with Gasteiger partial charge in [0.15, 0.2) is 0 Å². The van der Waals surface area contributed by atoms with Gasteiger partial charge in [-0.25, -0.2) is 8.42 Å². The van der Waals surface area contributed by atoms with Crippen LogP contribution >= 0.6 is 0 Å². The van der Waals surface area contributed by atoms with Gasteiger partial charge in [-0.15, -0.1) is 0 Å². The van der Waals surface area contributed by atoms with Crippen molar-refractivity contribution in [1.29, 1.82) is 0 Å². The number of aromatic nitrogens is 1. The van der Waals surface area contributed by atoms with E-state index in [1.807, 2.05) is 0 Å². The van der Waals surface area contributed by atoms with E-state index in [-0.39, 0.29) is 29.1 Å². The largest absolute Gasteiger partial charge is 0.481 e. The molecule has 1 N–H and O–H groups in total. The summed E-state index contributed by atoms with van der Waals surface area (Å²) < 4.78 is 28.7. The number of carboxylic acid groups (broad SMARTS) is 1. The van der Waals surface area contributed by atoms with Crippen molar-refractivity contribution in [3.63, 3.8) is 0 Å². The highest BCUT2D eigenvalue weighted by Crippen LogP contribution is 2.30. The van der Waals surface area contributed by atoms with Crippen LogP contribution in [0.1, 0.15) is 49.5 Å². The Morgan fingerprint density at radius 3 is 2.44 bits per heavy atom. The van der Waals surface area contributed by atoms with Crippen LogP contribution in [0.4, 0.5) is 0 Å². The van der Waals surface area contributed by atoms with Gasteiger partial charge in [0.05, 0.1) is 5.92 Å². The molecule has 9 heteroatoms. The number of hydrogen-bond acceptors (Lipinski definition) is 4. The van der Waals surface area contributed by atoms with Crippen LogP contribution in [0.3, 0.4) is 0 Å². The number of hydrogen-bond donors (Lipinski definition) is 1. The molecule has 1 saturated heterocycles. The van der Waals surface area contributed by atoms with Crippen LogP contribution in [0.15, 0.2) is 17.2 Å². The Labute approximate surface area is 159 Å². The zero-order valence-corrected chi connectivity index (χ0v) is 16.6. The summed E-state index contributed by atoms with van der Waals surface area (Å²) >= 11 is 0. The normalized spacial score (nSPS) is 19.6. The smallest absolute Gasteiger partial charge is 0.308 e. The van der Waals surface area contributed by atoms with Crippen molar-refractivity contribution in [2.24, 2.45) is 13.0 Å². The maximum absolute atomic E-state index is 13.0. The molecule has 0 bridgehead atoms. The summed E-state index contributed by atoms with van der Waals surface area (Å²) in [7, 11) is -1.97. The lowest BCUT2D eigenvalue weighted by Gasteiger charge is -2.25. The van der Waals surface area contributed by atoms with E-state index in [0.717, 1.165) is 32.1 Å². The van der Waals surface area contributed by atoms with Crippen LogP contribution in [-0.4, -0.2) is 64.8 Å². The van der Waals surface area contributed by atoms with Crippen LogP contribution in [0, 0.1) is 5.92 Å². The summed E-state index contributed by atoms with van der Waals surface area (Å²) in [4.78, 5) is 25.9. The van der Waals surface area contributed by atoms with Crippen LogP contribution in [0.2, 0.25) is 0 Å². The van der Waals surface area contributed by atoms with Gasteiger partial charge in [-0.1, -0.05) is 13.3 Å². The lowest BCUT2D eigenvalue weighted by molar-refractivity contribution is -0.141. The minimum Gasteiger partial charge on any atom is -0.481 e. The number of carbonyl (C=O) groups is 2. The standard InChI is InChI=1S/C18H27N3O5S/c1-13(18(23)24)11-21(14-6-7-14)17(22)16-10-15(12-19(16)2)27(25,26)20-8-4-3-5-9-20/h10,12-14H,3-9,11H2,1-2H3,(H,23,24). The van der Waals surface area contributed by atoms with E-state index in [0.29, 0.717) is 13.1 Å². The van der Waals surface area contributed by atoms with Gasteiger partial charge in [0.25, 0.3) is 5.91 Å². The third kappa shape index (κ3) is 4.19. The first kappa shape index (κ1) is 19.9. The molecule has 3 rings (SSSR count). The molecule has 27 heavy (non-hydrogen) atoms. The average Bonchev–Trinajstić information content (AvgIpc) is 3.40. The number of carboxylic acids is 1. The number of piperidine rings is 1. The molecular formula is C18H27N3O5S. The molecule has 1 atom stereocenters. The number of sulfonamides is 1. The monoisotopic (exact) mass is 397 g/mol. The second-order valence-corrected chi connectivity index (χ2v) is 9.50. The van der Waals surface area contributed by atoms with Crippen molar-refractivity contribution in [3.8, 4) is 0 Å². The van der Waals surface area contributed by atoms with Gasteiger partial charge < -0.3 is 14.6 Å². The third-order valence-corrected chi connectivity index (χ3v) is 7.16. The molecule has 2 fully saturated rings. The number of carbonyl (C=O) groups excluding carboxylic acids is 1. The minimum absolute atomic E-state index is 0.0383. The molecule has 1 aliphatic carbocycles. The van der Waals surface area contributed by atoms with Gasteiger partial charge in [-0.05, 0) is 31.7 Å². The van der Waals surface area contributed by atoms with Crippen molar-refractivity contribution in [1.82, 2.24) is 13.8 Å². The fourth-order valence-electron chi connectivity index (χ4n) is 3.45. The Balaban J connectivity index is 1.84. The van der Waals surface area contributed by atoms with Crippen LogP contribution in [-0.2, 0) is 21.9 Å². The zero-order chi connectivity index (χ0) is 19.8.